The van der Waals surface area contributed by atoms with Gasteiger partial charge in [-0.05, 0) is 0 Å². The predicted molar refractivity (Wildman–Crippen MR) is 75.3 cm³/mol. The van der Waals surface area contributed by atoms with Crippen molar-refractivity contribution in [1.29, 1.82) is 0 Å². The minimum Gasteiger partial charge on any atom is -0.0713 e. The standard InChI is InChI=1S/C13H23Si2/c1-14(2)11-8-12-15(3,4)13-9-6-5-7-10-13/h5-7,9-10H,8,11-12H2,1-4H3. The number of hydrogen-bond acceptors (Lipinski definition) is 0. The Kier molecular flexibility index (Phi) is 4.80. The van der Waals surface area contributed by atoms with Crippen molar-refractivity contribution in [3.05, 3.63) is 30.3 Å². The van der Waals surface area contributed by atoms with Crippen LogP contribution in [0, 0.1) is 0 Å². The van der Waals surface area contributed by atoms with E-state index in [1.54, 1.807) is 5.19 Å². The van der Waals surface area contributed by atoms with Gasteiger partial charge in [0.2, 0.25) is 0 Å². The molecule has 0 bridgehead atoms. The van der Waals surface area contributed by atoms with Crippen molar-refractivity contribution in [2.75, 3.05) is 0 Å². The van der Waals surface area contributed by atoms with Crippen molar-refractivity contribution in [2.45, 2.75) is 44.7 Å². The molecule has 0 heterocycles. The van der Waals surface area contributed by atoms with E-state index in [2.05, 4.69) is 56.5 Å². The lowest BCUT2D eigenvalue weighted by Gasteiger charge is -2.23. The molecule has 0 aromatic heterocycles. The largest absolute Gasteiger partial charge is 0.0806 e. The van der Waals surface area contributed by atoms with Crippen LogP contribution in [-0.2, 0) is 0 Å². The fourth-order valence-electron chi connectivity index (χ4n) is 1.92. The molecule has 1 rings (SSSR count). The summed E-state index contributed by atoms with van der Waals surface area (Å²) in [6.07, 6.45) is 1.44. The topological polar surface area (TPSA) is 0 Å². The molecule has 0 nitrogen and oxygen atoms in total. The zero-order chi connectivity index (χ0) is 11.3. The van der Waals surface area contributed by atoms with Gasteiger partial charge in [0, 0.05) is 8.80 Å². The molecule has 0 aliphatic carbocycles. The van der Waals surface area contributed by atoms with Gasteiger partial charge in [-0.2, -0.15) is 0 Å². The molecule has 1 aromatic carbocycles. The molecule has 1 aromatic rings. The van der Waals surface area contributed by atoms with Gasteiger partial charge in [0.05, 0.1) is 8.07 Å². The molecule has 0 atom stereocenters. The minimum absolute atomic E-state index is 0.0159. The van der Waals surface area contributed by atoms with E-state index < -0.39 is 8.07 Å². The van der Waals surface area contributed by atoms with Crippen molar-refractivity contribution in [3.8, 4) is 0 Å². The average Bonchev–Trinajstić information content (AvgIpc) is 2.18. The third-order valence-electron chi connectivity index (χ3n) is 3.03. The highest BCUT2D eigenvalue weighted by atomic mass is 28.3. The Bertz CT molecular complexity index is 278. The number of benzene rings is 1. The van der Waals surface area contributed by atoms with Crippen molar-refractivity contribution in [1.82, 2.24) is 0 Å². The predicted octanol–water partition coefficient (Wildman–Crippen LogP) is 3.75. The molecule has 0 amide bonds. The molecule has 0 spiro atoms. The second-order valence-corrected chi connectivity index (χ2v) is 13.1. The van der Waals surface area contributed by atoms with Crippen LogP contribution in [0.2, 0.25) is 38.3 Å². The Hall–Kier alpha value is -0.346. The van der Waals surface area contributed by atoms with Gasteiger partial charge in [0.1, 0.15) is 0 Å². The fourth-order valence-corrected chi connectivity index (χ4v) is 5.60. The third kappa shape index (κ3) is 4.35. The normalized spacial score (nSPS) is 12.1. The first-order valence-corrected chi connectivity index (χ1v) is 11.8. The molecule has 83 valence electrons. The van der Waals surface area contributed by atoms with Crippen molar-refractivity contribution in [3.63, 3.8) is 0 Å². The summed E-state index contributed by atoms with van der Waals surface area (Å²) in [5.41, 5.74) is 0. The summed E-state index contributed by atoms with van der Waals surface area (Å²) in [6.45, 7) is 9.84. The molecular weight excluding hydrogens is 212 g/mol. The van der Waals surface area contributed by atoms with Crippen LogP contribution in [0.15, 0.2) is 30.3 Å². The van der Waals surface area contributed by atoms with Crippen LogP contribution in [-0.4, -0.2) is 16.9 Å². The van der Waals surface area contributed by atoms with E-state index in [-0.39, 0.29) is 8.80 Å². The van der Waals surface area contributed by atoms with Gasteiger partial charge in [0.15, 0.2) is 0 Å². The molecule has 0 saturated carbocycles. The second kappa shape index (κ2) is 5.66. The Labute approximate surface area is 97.3 Å². The molecule has 15 heavy (non-hydrogen) atoms. The van der Waals surface area contributed by atoms with Crippen LogP contribution in [0.1, 0.15) is 6.42 Å². The molecular formula is C13H23Si2. The lowest BCUT2D eigenvalue weighted by atomic mass is 10.4. The summed E-state index contributed by atoms with van der Waals surface area (Å²) in [5, 5.41) is 1.62. The van der Waals surface area contributed by atoms with Crippen molar-refractivity contribution < 1.29 is 0 Å². The van der Waals surface area contributed by atoms with Crippen LogP contribution >= 0.6 is 0 Å². The average molecular weight is 235 g/mol. The van der Waals surface area contributed by atoms with Crippen LogP contribution < -0.4 is 5.19 Å². The van der Waals surface area contributed by atoms with E-state index in [9.17, 15) is 0 Å². The van der Waals surface area contributed by atoms with Crippen LogP contribution in [0.3, 0.4) is 0 Å². The number of hydrogen-bond donors (Lipinski definition) is 0. The highest BCUT2D eigenvalue weighted by Gasteiger charge is 2.22. The summed E-state index contributed by atoms with van der Waals surface area (Å²) in [5.74, 6) is 0. The molecule has 0 aliphatic rings. The van der Waals surface area contributed by atoms with E-state index in [0.29, 0.717) is 0 Å². The van der Waals surface area contributed by atoms with Gasteiger partial charge in [-0.3, -0.25) is 0 Å². The maximum Gasteiger partial charge on any atom is 0.0806 e. The van der Waals surface area contributed by atoms with Crippen molar-refractivity contribution in [2.24, 2.45) is 0 Å². The Morgan fingerprint density at radius 1 is 1.07 bits per heavy atom. The number of rotatable bonds is 5. The third-order valence-corrected chi connectivity index (χ3v) is 7.89. The highest BCUT2D eigenvalue weighted by Crippen LogP contribution is 2.15. The van der Waals surface area contributed by atoms with Gasteiger partial charge in [-0.25, -0.2) is 0 Å². The lowest BCUT2D eigenvalue weighted by Crippen LogP contribution is -2.40. The summed E-state index contributed by atoms with van der Waals surface area (Å²) in [4.78, 5) is 0. The van der Waals surface area contributed by atoms with E-state index >= 15 is 0 Å². The zero-order valence-electron chi connectivity index (χ0n) is 10.5. The molecule has 1 radical (unpaired) electrons. The Balaban J connectivity index is 2.52. The highest BCUT2D eigenvalue weighted by molar-refractivity contribution is 6.89. The first-order chi connectivity index (χ1) is 7.02. The summed E-state index contributed by atoms with van der Waals surface area (Å²) in [7, 11) is -1.15. The zero-order valence-corrected chi connectivity index (χ0v) is 12.5. The summed E-state index contributed by atoms with van der Waals surface area (Å²) >= 11 is 0. The van der Waals surface area contributed by atoms with Crippen LogP contribution in [0.4, 0.5) is 0 Å². The molecule has 0 unspecified atom stereocenters. The molecule has 0 N–H and O–H groups in total. The summed E-state index contributed by atoms with van der Waals surface area (Å²) in [6, 6.07) is 14.0. The maximum absolute atomic E-state index is 2.50. The Morgan fingerprint density at radius 3 is 2.20 bits per heavy atom. The lowest BCUT2D eigenvalue weighted by molar-refractivity contribution is 1.03. The van der Waals surface area contributed by atoms with Crippen LogP contribution in [0.5, 0.6) is 0 Å². The van der Waals surface area contributed by atoms with Gasteiger partial charge in [0.25, 0.3) is 0 Å². The Morgan fingerprint density at radius 2 is 1.67 bits per heavy atom. The van der Waals surface area contributed by atoms with E-state index in [1.165, 1.54) is 18.5 Å². The monoisotopic (exact) mass is 235 g/mol. The summed E-state index contributed by atoms with van der Waals surface area (Å²) < 4.78 is 0. The molecule has 2 heteroatoms. The molecule has 0 saturated heterocycles. The van der Waals surface area contributed by atoms with E-state index in [4.69, 9.17) is 0 Å². The quantitative estimate of drug-likeness (QED) is 0.682. The van der Waals surface area contributed by atoms with E-state index in [0.717, 1.165) is 0 Å². The molecule has 0 aliphatic heterocycles. The van der Waals surface area contributed by atoms with Gasteiger partial charge < -0.3 is 0 Å². The van der Waals surface area contributed by atoms with Gasteiger partial charge >= 0.3 is 0 Å². The second-order valence-electron chi connectivity index (χ2n) is 5.31. The van der Waals surface area contributed by atoms with Crippen LogP contribution in [0.25, 0.3) is 0 Å². The first kappa shape index (κ1) is 12.7. The smallest absolute Gasteiger partial charge is 0.0713 e. The van der Waals surface area contributed by atoms with Crippen molar-refractivity contribution >= 4 is 22.1 Å². The van der Waals surface area contributed by atoms with Gasteiger partial charge in [-0.1, -0.05) is 80.2 Å². The maximum atomic E-state index is 2.50. The fraction of sp³-hybridized carbons (Fsp3) is 0.538. The van der Waals surface area contributed by atoms with E-state index in [1.807, 2.05) is 0 Å². The minimum atomic E-state index is -1.13. The van der Waals surface area contributed by atoms with Gasteiger partial charge in [-0.15, -0.1) is 0 Å². The molecule has 0 fully saturated rings. The first-order valence-electron chi connectivity index (χ1n) is 5.87. The SMILES string of the molecule is C[Si](C)CCC[Si](C)(C)c1ccccc1.